The third-order valence-electron chi connectivity index (χ3n) is 7.49. The summed E-state index contributed by atoms with van der Waals surface area (Å²) < 4.78 is 41.3. The van der Waals surface area contributed by atoms with Crippen molar-refractivity contribution in [3.05, 3.63) is 118 Å². The molecule has 11 heteroatoms. The molecule has 0 aliphatic carbocycles. The maximum absolute atomic E-state index is 14.6. The largest absolute Gasteiger partial charge is 0.493 e. The Kier molecular flexibility index (Phi) is 12.1. The van der Waals surface area contributed by atoms with Crippen LogP contribution in [0, 0.1) is 6.92 Å². The van der Waals surface area contributed by atoms with Crippen molar-refractivity contribution in [2.75, 3.05) is 25.1 Å². The van der Waals surface area contributed by atoms with Crippen molar-refractivity contribution < 1.29 is 27.5 Å². The van der Waals surface area contributed by atoms with Crippen LogP contribution in [0.25, 0.3) is 0 Å². The molecule has 0 radical (unpaired) electrons. The number of nitrogens with one attached hydrogen (secondary N) is 1. The van der Waals surface area contributed by atoms with Gasteiger partial charge in [0.2, 0.25) is 11.8 Å². The van der Waals surface area contributed by atoms with Crippen molar-refractivity contribution in [3.63, 3.8) is 0 Å². The molecule has 0 unspecified atom stereocenters. The van der Waals surface area contributed by atoms with Gasteiger partial charge in [0.15, 0.2) is 11.5 Å². The number of halogens is 1. The Morgan fingerprint density at radius 2 is 1.49 bits per heavy atom. The van der Waals surface area contributed by atoms with Crippen LogP contribution in [0.15, 0.2) is 106 Å². The lowest BCUT2D eigenvalue weighted by Crippen LogP contribution is -2.54. The Morgan fingerprint density at radius 1 is 0.830 bits per heavy atom. The number of hydrogen-bond acceptors (Lipinski definition) is 6. The summed E-state index contributed by atoms with van der Waals surface area (Å²) in [6.07, 6.45) is 0.228. The molecule has 2 amide bonds. The summed E-state index contributed by atoms with van der Waals surface area (Å²) in [7, 11) is -1.43. The summed E-state index contributed by atoms with van der Waals surface area (Å²) >= 11 is 3.50. The second-order valence-corrected chi connectivity index (χ2v) is 14.2. The van der Waals surface area contributed by atoms with E-state index in [1.807, 2.05) is 75.4 Å². The van der Waals surface area contributed by atoms with Crippen LogP contribution >= 0.6 is 15.9 Å². The van der Waals surface area contributed by atoms with Gasteiger partial charge in [-0.1, -0.05) is 76.1 Å². The molecule has 0 saturated carbocycles. The van der Waals surface area contributed by atoms with E-state index in [2.05, 4.69) is 21.2 Å². The lowest BCUT2D eigenvalue weighted by molar-refractivity contribution is -0.140. The lowest BCUT2D eigenvalue weighted by Gasteiger charge is -2.34. The van der Waals surface area contributed by atoms with Crippen LogP contribution in [0.5, 0.6) is 11.5 Å². The highest BCUT2D eigenvalue weighted by Crippen LogP contribution is 2.32. The fourth-order valence-corrected chi connectivity index (χ4v) is 6.99. The predicted molar refractivity (Wildman–Crippen MR) is 187 cm³/mol. The van der Waals surface area contributed by atoms with Crippen molar-refractivity contribution in [2.24, 2.45) is 0 Å². The summed E-state index contributed by atoms with van der Waals surface area (Å²) in [5, 5.41) is 2.97. The molecule has 4 aromatic rings. The van der Waals surface area contributed by atoms with E-state index in [0.717, 1.165) is 25.5 Å². The van der Waals surface area contributed by atoms with E-state index in [1.54, 1.807) is 24.3 Å². The minimum absolute atomic E-state index is 0.0689. The Morgan fingerprint density at radius 3 is 2.11 bits per heavy atom. The molecule has 0 aromatic heterocycles. The number of sulfonamides is 1. The first-order valence-corrected chi connectivity index (χ1v) is 17.4. The average Bonchev–Trinajstić information content (AvgIpc) is 3.05. The zero-order valence-electron chi connectivity index (χ0n) is 27.1. The highest BCUT2D eigenvalue weighted by Gasteiger charge is 2.35. The molecule has 0 bridgehead atoms. The van der Waals surface area contributed by atoms with Gasteiger partial charge in [-0.15, -0.1) is 0 Å². The highest BCUT2D eigenvalue weighted by molar-refractivity contribution is 9.10. The number of benzene rings is 4. The molecule has 9 nitrogen and oxygen atoms in total. The predicted octanol–water partition coefficient (Wildman–Crippen LogP) is 6.13. The highest BCUT2D eigenvalue weighted by atomic mass is 79.9. The van der Waals surface area contributed by atoms with Crippen LogP contribution < -0.4 is 19.1 Å². The summed E-state index contributed by atoms with van der Waals surface area (Å²) in [5.41, 5.74) is 2.85. The number of ether oxygens (including phenoxy) is 2. The van der Waals surface area contributed by atoms with Crippen molar-refractivity contribution in [2.45, 2.75) is 50.7 Å². The number of aryl methyl sites for hydroxylation is 1. The van der Waals surface area contributed by atoms with Crippen molar-refractivity contribution in [1.29, 1.82) is 0 Å². The van der Waals surface area contributed by atoms with Gasteiger partial charge in [0.1, 0.15) is 12.6 Å². The second kappa shape index (κ2) is 16.0. The van der Waals surface area contributed by atoms with Gasteiger partial charge in [-0.05, 0) is 68.3 Å². The van der Waals surface area contributed by atoms with Gasteiger partial charge in [-0.25, -0.2) is 8.42 Å². The van der Waals surface area contributed by atoms with Gasteiger partial charge >= 0.3 is 0 Å². The third kappa shape index (κ3) is 9.14. The maximum atomic E-state index is 14.6. The van der Waals surface area contributed by atoms with E-state index in [1.165, 1.54) is 37.3 Å². The minimum Gasteiger partial charge on any atom is -0.493 e. The molecule has 0 spiro atoms. The lowest BCUT2D eigenvalue weighted by atomic mass is 10.0. The van der Waals surface area contributed by atoms with E-state index in [4.69, 9.17) is 9.47 Å². The SMILES string of the molecule is COc1ccc(S(=O)(=O)N(CC(=O)N(Cc2cccc(Br)c2)[C@@H](Cc2ccccc2)C(=O)NC(C)C)c2ccc(C)cc2)cc1OC. The molecule has 47 heavy (non-hydrogen) atoms. The van der Waals surface area contributed by atoms with E-state index in [-0.39, 0.29) is 35.6 Å². The van der Waals surface area contributed by atoms with Gasteiger partial charge < -0.3 is 19.7 Å². The van der Waals surface area contributed by atoms with Crippen LogP contribution in [-0.2, 0) is 32.6 Å². The number of nitrogens with zero attached hydrogens (tertiary/aromatic N) is 2. The van der Waals surface area contributed by atoms with Crippen LogP contribution in [0.2, 0.25) is 0 Å². The zero-order chi connectivity index (χ0) is 34.1. The Bertz CT molecular complexity index is 1780. The standard InChI is InChI=1S/C36H40BrN3O6S/c1-25(2)38-36(42)32(21-27-10-7-6-8-11-27)39(23-28-12-9-13-29(37)20-28)35(41)24-40(30-16-14-26(3)15-17-30)47(43,44)31-18-19-33(45-4)34(22-31)46-5/h6-20,22,25,32H,21,23-24H2,1-5H3,(H,38,42)/t32-/m0/s1. The fourth-order valence-electron chi connectivity index (χ4n) is 5.11. The van der Waals surface area contributed by atoms with Crippen molar-refractivity contribution >= 4 is 43.5 Å². The third-order valence-corrected chi connectivity index (χ3v) is 9.75. The topological polar surface area (TPSA) is 105 Å². The maximum Gasteiger partial charge on any atom is 0.264 e. The Balaban J connectivity index is 1.83. The molecule has 0 heterocycles. The van der Waals surface area contributed by atoms with Crippen LogP contribution in [-0.4, -0.2) is 58.0 Å². The van der Waals surface area contributed by atoms with Crippen molar-refractivity contribution in [3.8, 4) is 11.5 Å². The summed E-state index contributed by atoms with van der Waals surface area (Å²) in [6, 6.07) is 27.0. The van der Waals surface area contributed by atoms with E-state index >= 15 is 0 Å². The van der Waals surface area contributed by atoms with E-state index in [0.29, 0.717) is 11.4 Å². The second-order valence-electron chi connectivity index (χ2n) is 11.4. The molecule has 248 valence electrons. The number of carbonyl (C=O) groups excluding carboxylic acids is 2. The Hall–Kier alpha value is -4.35. The van der Waals surface area contributed by atoms with E-state index < -0.39 is 28.5 Å². The minimum atomic E-state index is -4.31. The molecule has 0 aliphatic heterocycles. The van der Waals surface area contributed by atoms with Crippen LogP contribution in [0.4, 0.5) is 5.69 Å². The monoisotopic (exact) mass is 721 g/mol. The molecule has 1 atom stereocenters. The first kappa shape index (κ1) is 35.5. The molecule has 4 aromatic carbocycles. The van der Waals surface area contributed by atoms with Gasteiger partial charge in [-0.3, -0.25) is 13.9 Å². The smallest absolute Gasteiger partial charge is 0.264 e. The molecular weight excluding hydrogens is 682 g/mol. The summed E-state index contributed by atoms with van der Waals surface area (Å²) in [5.74, 6) is -0.288. The first-order valence-electron chi connectivity index (χ1n) is 15.1. The summed E-state index contributed by atoms with van der Waals surface area (Å²) in [4.78, 5) is 29.8. The first-order chi connectivity index (χ1) is 22.4. The molecule has 0 aliphatic rings. The molecule has 1 N–H and O–H groups in total. The quantitative estimate of drug-likeness (QED) is 0.168. The number of hydrogen-bond donors (Lipinski definition) is 1. The Labute approximate surface area is 285 Å². The van der Waals surface area contributed by atoms with Crippen molar-refractivity contribution in [1.82, 2.24) is 10.2 Å². The van der Waals surface area contributed by atoms with Gasteiger partial charge in [0.05, 0.1) is 24.8 Å². The normalized spacial score (nSPS) is 11.9. The zero-order valence-corrected chi connectivity index (χ0v) is 29.5. The van der Waals surface area contributed by atoms with Gasteiger partial charge in [0.25, 0.3) is 10.0 Å². The molecule has 0 fully saturated rings. The number of anilines is 1. The van der Waals surface area contributed by atoms with Crippen LogP contribution in [0.1, 0.15) is 30.5 Å². The van der Waals surface area contributed by atoms with Crippen LogP contribution in [0.3, 0.4) is 0 Å². The van der Waals surface area contributed by atoms with Gasteiger partial charge in [-0.2, -0.15) is 0 Å². The number of amides is 2. The fraction of sp³-hybridized carbons (Fsp3) is 0.278. The number of methoxy groups -OCH3 is 2. The summed E-state index contributed by atoms with van der Waals surface area (Å²) in [6.45, 7) is 5.11. The van der Waals surface area contributed by atoms with E-state index in [9.17, 15) is 18.0 Å². The molecule has 0 saturated heterocycles. The number of rotatable bonds is 14. The average molecular weight is 723 g/mol. The number of carbonyl (C=O) groups is 2. The van der Waals surface area contributed by atoms with Gasteiger partial charge in [0, 0.05) is 29.5 Å². The molecule has 4 rings (SSSR count). The molecular formula is C36H40BrN3O6S.